The Morgan fingerprint density at radius 3 is 2.58 bits per heavy atom. The zero-order valence-electron chi connectivity index (χ0n) is 7.19. The third kappa shape index (κ3) is 6.63. The molecule has 0 saturated heterocycles. The number of rotatable bonds is 5. The van der Waals surface area contributed by atoms with Crippen LogP contribution in [0.15, 0.2) is 0 Å². The van der Waals surface area contributed by atoms with E-state index >= 15 is 0 Å². The fraction of sp³-hybridized carbons (Fsp3) is 0.833. The molecule has 0 atom stereocenters. The summed E-state index contributed by atoms with van der Waals surface area (Å²) in [4.78, 5) is 10.2. The van der Waals surface area contributed by atoms with Gasteiger partial charge < -0.3 is 5.11 Å². The summed E-state index contributed by atoms with van der Waals surface area (Å²) in [5, 5.41) is 9.14. The van der Waals surface area contributed by atoms with Gasteiger partial charge in [-0.1, -0.05) is 35.4 Å². The number of hydrogen-bond donors (Lipinski definition) is 2. The highest BCUT2D eigenvalue weighted by atomic mass is 33.1. The van der Waals surface area contributed by atoms with E-state index in [-0.39, 0.29) is 0 Å². The van der Waals surface area contributed by atoms with Crippen LogP contribution in [-0.4, -0.2) is 27.8 Å². The first-order chi connectivity index (χ1) is 5.54. The SMILES string of the molecule is CC(C)CSSCN(N)C(=O)O. The maximum atomic E-state index is 10.2. The summed E-state index contributed by atoms with van der Waals surface area (Å²) in [5.74, 6) is 7.08. The minimum Gasteiger partial charge on any atom is -0.464 e. The third-order valence-electron chi connectivity index (χ3n) is 0.922. The molecule has 0 aliphatic rings. The maximum Gasteiger partial charge on any atom is 0.422 e. The highest BCUT2D eigenvalue weighted by Gasteiger charge is 2.05. The summed E-state index contributed by atoms with van der Waals surface area (Å²) in [6, 6.07) is 0. The summed E-state index contributed by atoms with van der Waals surface area (Å²) < 4.78 is 0. The van der Waals surface area contributed by atoms with Crippen molar-refractivity contribution in [3.63, 3.8) is 0 Å². The molecule has 0 spiro atoms. The van der Waals surface area contributed by atoms with Crippen molar-refractivity contribution in [1.29, 1.82) is 0 Å². The Kier molecular flexibility index (Phi) is 6.41. The van der Waals surface area contributed by atoms with Crippen molar-refractivity contribution in [2.75, 3.05) is 11.6 Å². The number of nitrogens with zero attached hydrogens (tertiary/aromatic N) is 1. The van der Waals surface area contributed by atoms with Crippen LogP contribution in [0, 0.1) is 5.92 Å². The quantitative estimate of drug-likeness (QED) is 0.181. The van der Waals surface area contributed by atoms with Crippen LogP contribution in [0.4, 0.5) is 4.79 Å². The predicted molar refractivity (Wildman–Crippen MR) is 53.8 cm³/mol. The zero-order chi connectivity index (χ0) is 9.56. The number of amides is 1. The van der Waals surface area contributed by atoms with Gasteiger partial charge in [0.1, 0.15) is 0 Å². The first-order valence-electron chi connectivity index (χ1n) is 3.53. The van der Waals surface area contributed by atoms with E-state index in [0.29, 0.717) is 11.8 Å². The van der Waals surface area contributed by atoms with E-state index < -0.39 is 6.09 Å². The summed E-state index contributed by atoms with van der Waals surface area (Å²) in [6.45, 7) is 4.23. The summed E-state index contributed by atoms with van der Waals surface area (Å²) in [7, 11) is 3.09. The van der Waals surface area contributed by atoms with Crippen LogP contribution in [0.2, 0.25) is 0 Å². The lowest BCUT2D eigenvalue weighted by atomic mass is 10.3. The van der Waals surface area contributed by atoms with Crippen molar-refractivity contribution in [2.45, 2.75) is 13.8 Å². The minimum atomic E-state index is -1.09. The Balaban J connectivity index is 3.25. The second-order valence-electron chi connectivity index (χ2n) is 2.68. The standard InChI is InChI=1S/C6H14N2O2S2/c1-5(2)3-11-12-4-8(7)6(9)10/h5H,3-4,7H2,1-2H3,(H,9,10). The summed E-state index contributed by atoms with van der Waals surface area (Å²) >= 11 is 0. The molecule has 0 heterocycles. The first kappa shape index (κ1) is 11.9. The van der Waals surface area contributed by atoms with Crippen LogP contribution in [0.25, 0.3) is 0 Å². The van der Waals surface area contributed by atoms with Crippen LogP contribution >= 0.6 is 21.6 Å². The molecule has 0 aromatic rings. The highest BCUT2D eigenvalue weighted by Crippen LogP contribution is 2.23. The average molecular weight is 210 g/mol. The van der Waals surface area contributed by atoms with Crippen molar-refractivity contribution >= 4 is 27.7 Å². The number of nitrogens with two attached hydrogens (primary N) is 1. The molecule has 72 valence electrons. The highest BCUT2D eigenvalue weighted by molar-refractivity contribution is 8.76. The van der Waals surface area contributed by atoms with Gasteiger partial charge in [-0.3, -0.25) is 0 Å². The fourth-order valence-corrected chi connectivity index (χ4v) is 2.67. The molecule has 1 amide bonds. The van der Waals surface area contributed by atoms with E-state index in [2.05, 4.69) is 13.8 Å². The normalized spacial score (nSPS) is 10.3. The molecule has 4 nitrogen and oxygen atoms in total. The van der Waals surface area contributed by atoms with Crippen molar-refractivity contribution in [3.8, 4) is 0 Å². The lowest BCUT2D eigenvalue weighted by molar-refractivity contribution is 0.154. The molecule has 6 heteroatoms. The summed E-state index contributed by atoms with van der Waals surface area (Å²) in [6.07, 6.45) is -1.09. The van der Waals surface area contributed by atoms with Gasteiger partial charge in [-0.15, -0.1) is 0 Å². The zero-order valence-corrected chi connectivity index (χ0v) is 8.82. The smallest absolute Gasteiger partial charge is 0.422 e. The van der Waals surface area contributed by atoms with E-state index in [0.717, 1.165) is 10.8 Å². The number of hydrazine groups is 1. The molecule has 0 fully saturated rings. The molecule has 0 radical (unpaired) electrons. The fourth-order valence-electron chi connectivity index (χ4n) is 0.333. The van der Waals surface area contributed by atoms with Crippen molar-refractivity contribution < 1.29 is 9.90 Å². The van der Waals surface area contributed by atoms with E-state index in [1.54, 1.807) is 10.8 Å². The van der Waals surface area contributed by atoms with E-state index in [1.165, 1.54) is 10.8 Å². The lowest BCUT2D eigenvalue weighted by Gasteiger charge is -2.11. The van der Waals surface area contributed by atoms with Crippen LogP contribution < -0.4 is 5.84 Å². The Morgan fingerprint density at radius 2 is 2.17 bits per heavy atom. The van der Waals surface area contributed by atoms with Gasteiger partial charge in [0.2, 0.25) is 0 Å². The van der Waals surface area contributed by atoms with Gasteiger partial charge in [0.05, 0.1) is 5.88 Å². The Labute approximate surface area is 80.2 Å². The van der Waals surface area contributed by atoms with Gasteiger partial charge >= 0.3 is 6.09 Å². The average Bonchev–Trinajstić information content (AvgIpc) is 1.97. The molecule has 12 heavy (non-hydrogen) atoms. The van der Waals surface area contributed by atoms with E-state index in [4.69, 9.17) is 10.9 Å². The summed E-state index contributed by atoms with van der Waals surface area (Å²) in [5.41, 5.74) is 0. The molecule has 0 aliphatic carbocycles. The molecule has 0 aromatic heterocycles. The van der Waals surface area contributed by atoms with Gasteiger partial charge in [0.25, 0.3) is 0 Å². The van der Waals surface area contributed by atoms with E-state index in [9.17, 15) is 4.79 Å². The second kappa shape index (κ2) is 6.45. The minimum absolute atomic E-state index is 0.312. The van der Waals surface area contributed by atoms with Gasteiger partial charge in [-0.2, -0.15) is 0 Å². The van der Waals surface area contributed by atoms with Crippen LogP contribution in [0.3, 0.4) is 0 Å². The molecule has 0 bridgehead atoms. The largest absolute Gasteiger partial charge is 0.464 e. The topological polar surface area (TPSA) is 66.6 Å². The molecule has 0 saturated carbocycles. The molecule has 0 rings (SSSR count). The van der Waals surface area contributed by atoms with Crippen molar-refractivity contribution in [1.82, 2.24) is 5.01 Å². The molecule has 0 unspecified atom stereocenters. The lowest BCUT2D eigenvalue weighted by Crippen LogP contribution is -2.35. The molecule has 0 aromatic carbocycles. The van der Waals surface area contributed by atoms with Crippen LogP contribution in [-0.2, 0) is 0 Å². The Hall–Kier alpha value is -0.0700. The predicted octanol–water partition coefficient (Wildman–Crippen LogP) is 1.83. The number of carboxylic acid groups (broad SMARTS) is 1. The number of carbonyl (C=O) groups is 1. The van der Waals surface area contributed by atoms with Gasteiger partial charge in [0, 0.05) is 5.75 Å². The number of hydrogen-bond acceptors (Lipinski definition) is 4. The second-order valence-corrected chi connectivity index (χ2v) is 5.15. The van der Waals surface area contributed by atoms with Crippen LogP contribution in [0.1, 0.15) is 13.8 Å². The molecule has 3 N–H and O–H groups in total. The molecular weight excluding hydrogens is 196 g/mol. The van der Waals surface area contributed by atoms with E-state index in [1.807, 2.05) is 0 Å². The monoisotopic (exact) mass is 210 g/mol. The maximum absolute atomic E-state index is 10.2. The Bertz CT molecular complexity index is 144. The van der Waals surface area contributed by atoms with Crippen LogP contribution in [0.5, 0.6) is 0 Å². The van der Waals surface area contributed by atoms with Gasteiger partial charge in [0.15, 0.2) is 0 Å². The molecular formula is C6H14N2O2S2. The third-order valence-corrected chi connectivity index (χ3v) is 3.50. The van der Waals surface area contributed by atoms with Crippen molar-refractivity contribution in [2.24, 2.45) is 11.8 Å². The van der Waals surface area contributed by atoms with Gasteiger partial charge in [-0.05, 0) is 5.92 Å². The van der Waals surface area contributed by atoms with Gasteiger partial charge in [-0.25, -0.2) is 15.6 Å². The Morgan fingerprint density at radius 1 is 1.58 bits per heavy atom. The molecule has 0 aliphatic heterocycles. The van der Waals surface area contributed by atoms with Crippen molar-refractivity contribution in [3.05, 3.63) is 0 Å². The first-order valence-corrected chi connectivity index (χ1v) is 6.02.